The number of aliphatic hydroxyl groups is 1. The lowest BCUT2D eigenvalue weighted by atomic mass is 10.2. The summed E-state index contributed by atoms with van der Waals surface area (Å²) in [5, 5.41) is 9.30. The maximum absolute atomic E-state index is 12.8. The van der Waals surface area contributed by atoms with Crippen molar-refractivity contribution in [2.45, 2.75) is 19.1 Å². The lowest BCUT2D eigenvalue weighted by Gasteiger charge is -2.14. The molecule has 0 aromatic carbocycles. The molecule has 1 fully saturated rings. The van der Waals surface area contributed by atoms with Gasteiger partial charge in [-0.3, -0.25) is 9.88 Å². The van der Waals surface area contributed by atoms with E-state index >= 15 is 0 Å². The zero-order valence-corrected chi connectivity index (χ0v) is 7.86. The summed E-state index contributed by atoms with van der Waals surface area (Å²) in [6, 6.07) is 1.48. The Labute approximate surface area is 82.2 Å². The van der Waals surface area contributed by atoms with Crippen LogP contribution in [-0.2, 0) is 6.54 Å². The lowest BCUT2D eigenvalue weighted by Crippen LogP contribution is -2.21. The molecule has 0 aliphatic carbocycles. The largest absolute Gasteiger partial charge is 0.392 e. The van der Waals surface area contributed by atoms with Gasteiger partial charge in [0.1, 0.15) is 5.82 Å². The first-order valence-corrected chi connectivity index (χ1v) is 4.74. The van der Waals surface area contributed by atoms with Crippen molar-refractivity contribution >= 4 is 0 Å². The molecule has 1 N–H and O–H groups in total. The number of hydrogen-bond acceptors (Lipinski definition) is 3. The van der Waals surface area contributed by atoms with Crippen LogP contribution in [0.15, 0.2) is 18.5 Å². The van der Waals surface area contributed by atoms with Gasteiger partial charge in [-0.15, -0.1) is 0 Å². The standard InChI is InChI=1S/C10H13FN2O/c11-9-3-8(4-12-5-9)6-13-2-1-10(14)7-13/h3-5,10,14H,1-2,6-7H2. The van der Waals surface area contributed by atoms with Crippen LogP contribution < -0.4 is 0 Å². The van der Waals surface area contributed by atoms with E-state index in [4.69, 9.17) is 0 Å². The maximum atomic E-state index is 12.8. The highest BCUT2D eigenvalue weighted by atomic mass is 19.1. The first-order chi connectivity index (χ1) is 6.74. The minimum Gasteiger partial charge on any atom is -0.392 e. The number of likely N-dealkylation sites (tertiary alicyclic amines) is 1. The number of pyridine rings is 1. The van der Waals surface area contributed by atoms with Crippen LogP contribution in [0.5, 0.6) is 0 Å². The zero-order chi connectivity index (χ0) is 9.97. The first kappa shape index (κ1) is 9.55. The van der Waals surface area contributed by atoms with Crippen molar-refractivity contribution in [1.29, 1.82) is 0 Å². The summed E-state index contributed by atoms with van der Waals surface area (Å²) < 4.78 is 12.8. The third-order valence-electron chi connectivity index (χ3n) is 2.42. The van der Waals surface area contributed by atoms with E-state index in [1.54, 1.807) is 6.20 Å². The van der Waals surface area contributed by atoms with E-state index in [1.807, 2.05) is 0 Å². The number of aliphatic hydroxyl groups excluding tert-OH is 1. The molecular weight excluding hydrogens is 183 g/mol. The molecule has 0 spiro atoms. The number of hydrogen-bond donors (Lipinski definition) is 1. The Hall–Kier alpha value is -1.00. The Bertz CT molecular complexity index is 319. The van der Waals surface area contributed by atoms with E-state index < -0.39 is 0 Å². The molecule has 1 atom stereocenters. The molecule has 1 aliphatic rings. The zero-order valence-electron chi connectivity index (χ0n) is 7.86. The second kappa shape index (κ2) is 4.02. The van der Waals surface area contributed by atoms with Crippen LogP contribution in [0.1, 0.15) is 12.0 Å². The monoisotopic (exact) mass is 196 g/mol. The van der Waals surface area contributed by atoms with Gasteiger partial charge in [0.2, 0.25) is 0 Å². The Balaban J connectivity index is 1.97. The summed E-state index contributed by atoms with van der Waals surface area (Å²) in [7, 11) is 0. The molecule has 3 nitrogen and oxygen atoms in total. The lowest BCUT2D eigenvalue weighted by molar-refractivity contribution is 0.174. The van der Waals surface area contributed by atoms with Gasteiger partial charge in [-0.05, 0) is 18.1 Å². The molecule has 0 saturated carbocycles. The maximum Gasteiger partial charge on any atom is 0.141 e. The van der Waals surface area contributed by atoms with Gasteiger partial charge < -0.3 is 5.11 Å². The molecule has 1 aromatic rings. The summed E-state index contributed by atoms with van der Waals surface area (Å²) in [6.45, 7) is 2.22. The second-order valence-corrected chi connectivity index (χ2v) is 3.69. The second-order valence-electron chi connectivity index (χ2n) is 3.69. The van der Waals surface area contributed by atoms with Crippen molar-refractivity contribution in [2.24, 2.45) is 0 Å². The van der Waals surface area contributed by atoms with Crippen LogP contribution >= 0.6 is 0 Å². The van der Waals surface area contributed by atoms with Gasteiger partial charge in [0.25, 0.3) is 0 Å². The van der Waals surface area contributed by atoms with E-state index in [9.17, 15) is 9.50 Å². The van der Waals surface area contributed by atoms with E-state index in [1.165, 1.54) is 12.3 Å². The van der Waals surface area contributed by atoms with Gasteiger partial charge in [-0.25, -0.2) is 4.39 Å². The van der Waals surface area contributed by atoms with Crippen molar-refractivity contribution in [3.8, 4) is 0 Å². The van der Waals surface area contributed by atoms with Crippen LogP contribution in [-0.4, -0.2) is 34.2 Å². The summed E-state index contributed by atoms with van der Waals surface area (Å²) >= 11 is 0. The summed E-state index contributed by atoms with van der Waals surface area (Å²) in [5.41, 5.74) is 0.860. The average Bonchev–Trinajstić information content (AvgIpc) is 2.51. The van der Waals surface area contributed by atoms with Crippen LogP contribution in [0.2, 0.25) is 0 Å². The Morgan fingerprint density at radius 2 is 2.43 bits per heavy atom. The molecule has 76 valence electrons. The van der Waals surface area contributed by atoms with E-state index in [0.717, 1.165) is 18.5 Å². The normalized spacial score (nSPS) is 22.9. The van der Waals surface area contributed by atoms with Crippen LogP contribution in [0, 0.1) is 5.82 Å². The van der Waals surface area contributed by atoms with Gasteiger partial charge in [-0.2, -0.15) is 0 Å². The third kappa shape index (κ3) is 2.27. The van der Waals surface area contributed by atoms with Gasteiger partial charge in [0.15, 0.2) is 0 Å². The minimum atomic E-state index is -0.303. The van der Waals surface area contributed by atoms with Crippen molar-refractivity contribution in [2.75, 3.05) is 13.1 Å². The van der Waals surface area contributed by atoms with Gasteiger partial charge in [-0.1, -0.05) is 0 Å². The fourth-order valence-electron chi connectivity index (χ4n) is 1.76. The number of nitrogens with zero attached hydrogens (tertiary/aromatic N) is 2. The number of aromatic nitrogens is 1. The van der Waals surface area contributed by atoms with E-state index in [-0.39, 0.29) is 11.9 Å². The summed E-state index contributed by atoms with van der Waals surface area (Å²) in [6.07, 6.45) is 3.44. The Morgan fingerprint density at radius 1 is 1.57 bits per heavy atom. The van der Waals surface area contributed by atoms with Crippen molar-refractivity contribution in [3.05, 3.63) is 29.8 Å². The molecule has 1 aliphatic heterocycles. The Morgan fingerprint density at radius 3 is 3.07 bits per heavy atom. The molecule has 0 amide bonds. The van der Waals surface area contributed by atoms with Crippen LogP contribution in [0.4, 0.5) is 4.39 Å². The summed E-state index contributed by atoms with van der Waals surface area (Å²) in [5.74, 6) is -0.303. The molecule has 1 unspecified atom stereocenters. The average molecular weight is 196 g/mol. The molecule has 0 radical (unpaired) electrons. The molecule has 2 heterocycles. The summed E-state index contributed by atoms with van der Waals surface area (Å²) in [4.78, 5) is 5.88. The Kier molecular flexibility index (Phi) is 2.74. The number of rotatable bonds is 2. The number of β-amino-alcohol motifs (C(OH)–C–C–N with tert-alkyl or cyclic N) is 1. The highest BCUT2D eigenvalue weighted by molar-refractivity contribution is 5.10. The topological polar surface area (TPSA) is 36.4 Å². The van der Waals surface area contributed by atoms with Crippen LogP contribution in [0.25, 0.3) is 0 Å². The first-order valence-electron chi connectivity index (χ1n) is 4.74. The predicted octanol–water partition coefficient (Wildman–Crippen LogP) is 0.787. The smallest absolute Gasteiger partial charge is 0.141 e. The predicted molar refractivity (Wildman–Crippen MR) is 50.1 cm³/mol. The third-order valence-corrected chi connectivity index (χ3v) is 2.42. The fraction of sp³-hybridized carbons (Fsp3) is 0.500. The minimum absolute atomic E-state index is 0.225. The van der Waals surface area contributed by atoms with E-state index in [2.05, 4.69) is 9.88 Å². The highest BCUT2D eigenvalue weighted by Gasteiger charge is 2.19. The van der Waals surface area contributed by atoms with Gasteiger partial charge in [0, 0.05) is 25.8 Å². The quantitative estimate of drug-likeness (QED) is 0.759. The fourth-order valence-corrected chi connectivity index (χ4v) is 1.76. The SMILES string of the molecule is OC1CCN(Cc2cncc(F)c2)C1. The van der Waals surface area contributed by atoms with Gasteiger partial charge >= 0.3 is 0 Å². The van der Waals surface area contributed by atoms with Crippen molar-refractivity contribution < 1.29 is 9.50 Å². The van der Waals surface area contributed by atoms with Gasteiger partial charge in [0.05, 0.1) is 12.3 Å². The molecule has 14 heavy (non-hydrogen) atoms. The molecule has 2 rings (SSSR count). The van der Waals surface area contributed by atoms with E-state index in [0.29, 0.717) is 13.1 Å². The molecule has 4 heteroatoms. The molecule has 1 saturated heterocycles. The molecule has 0 bridgehead atoms. The van der Waals surface area contributed by atoms with Crippen molar-refractivity contribution in [1.82, 2.24) is 9.88 Å². The van der Waals surface area contributed by atoms with Crippen LogP contribution in [0.3, 0.4) is 0 Å². The number of halogens is 1. The molecular formula is C10H13FN2O. The van der Waals surface area contributed by atoms with Crippen molar-refractivity contribution in [3.63, 3.8) is 0 Å². The molecule has 1 aromatic heterocycles. The highest BCUT2D eigenvalue weighted by Crippen LogP contribution is 2.12.